The van der Waals surface area contributed by atoms with Crippen molar-refractivity contribution in [1.29, 1.82) is 5.26 Å². The average molecular weight is 472 g/mol. The van der Waals surface area contributed by atoms with Crippen LogP contribution in [-0.2, 0) is 12.0 Å². The van der Waals surface area contributed by atoms with E-state index in [9.17, 15) is 4.79 Å². The second kappa shape index (κ2) is 9.13. The molecule has 0 N–H and O–H groups in total. The molecule has 2 heterocycles. The zero-order valence-electron chi connectivity index (χ0n) is 19.1. The number of hydrogen-bond donors (Lipinski definition) is 0. The number of nitrogens with zero attached hydrogens (tertiary/aromatic N) is 3. The molecule has 0 aliphatic carbocycles. The van der Waals surface area contributed by atoms with Crippen molar-refractivity contribution in [1.82, 2.24) is 4.90 Å². The Bertz CT molecular complexity index is 1260. The highest BCUT2D eigenvalue weighted by Gasteiger charge is 2.46. The zero-order valence-corrected chi connectivity index (χ0v) is 19.9. The van der Waals surface area contributed by atoms with Crippen LogP contribution in [0.2, 0.25) is 5.02 Å². The number of piperidine rings is 1. The molecule has 1 spiro atoms. The fourth-order valence-corrected chi connectivity index (χ4v) is 5.43. The van der Waals surface area contributed by atoms with Gasteiger partial charge in [0.1, 0.15) is 5.75 Å². The van der Waals surface area contributed by atoms with Gasteiger partial charge in [0.25, 0.3) is 5.91 Å². The van der Waals surface area contributed by atoms with Gasteiger partial charge < -0.3 is 9.64 Å². The number of amides is 1. The van der Waals surface area contributed by atoms with Gasteiger partial charge in [-0.3, -0.25) is 9.69 Å². The molecule has 0 atom stereocenters. The predicted molar refractivity (Wildman–Crippen MR) is 133 cm³/mol. The number of carbonyl (C=O) groups is 1. The monoisotopic (exact) mass is 471 g/mol. The molecule has 3 aromatic rings. The van der Waals surface area contributed by atoms with Gasteiger partial charge in [0.05, 0.1) is 18.7 Å². The van der Waals surface area contributed by atoms with E-state index in [1.165, 1.54) is 11.1 Å². The topological polar surface area (TPSA) is 56.6 Å². The summed E-state index contributed by atoms with van der Waals surface area (Å²) in [7, 11) is 1.68. The van der Waals surface area contributed by atoms with Gasteiger partial charge in [-0.25, -0.2) is 0 Å². The molecule has 172 valence electrons. The maximum atomic E-state index is 13.5. The summed E-state index contributed by atoms with van der Waals surface area (Å²) in [6, 6.07) is 23.2. The van der Waals surface area contributed by atoms with E-state index in [4.69, 9.17) is 21.6 Å². The Balaban J connectivity index is 1.38. The summed E-state index contributed by atoms with van der Waals surface area (Å²) in [5.74, 6) is 0.793. The summed E-state index contributed by atoms with van der Waals surface area (Å²) in [6.45, 7) is 3.40. The lowest BCUT2D eigenvalue weighted by molar-refractivity contribution is 0.0975. The molecule has 5 nitrogen and oxygen atoms in total. The van der Waals surface area contributed by atoms with Crippen molar-refractivity contribution in [3.05, 3.63) is 94.0 Å². The lowest BCUT2D eigenvalue weighted by Crippen LogP contribution is -2.45. The predicted octanol–water partition coefficient (Wildman–Crippen LogP) is 5.41. The molecule has 1 fully saturated rings. The highest BCUT2D eigenvalue weighted by atomic mass is 35.5. The molecular formula is C28H26ClN3O2. The Morgan fingerprint density at radius 2 is 1.85 bits per heavy atom. The maximum absolute atomic E-state index is 13.5. The summed E-state index contributed by atoms with van der Waals surface area (Å²) in [4.78, 5) is 17.9. The SMILES string of the molecule is COc1ccc2c(c1)C1(CCN(Cc3ccc(C#N)cc3)CC1)CN2C(=O)c1cccc(Cl)c1. The van der Waals surface area contributed by atoms with E-state index in [0.29, 0.717) is 22.7 Å². The van der Waals surface area contributed by atoms with Gasteiger partial charge in [-0.05, 0) is 85.6 Å². The van der Waals surface area contributed by atoms with Crippen molar-refractivity contribution in [2.24, 2.45) is 0 Å². The van der Waals surface area contributed by atoms with Crippen LogP contribution in [0.3, 0.4) is 0 Å². The molecule has 0 saturated carbocycles. The average Bonchev–Trinajstić information content (AvgIpc) is 3.18. The summed E-state index contributed by atoms with van der Waals surface area (Å²) >= 11 is 6.17. The number of halogens is 1. The van der Waals surface area contributed by atoms with Gasteiger partial charge in [0.15, 0.2) is 0 Å². The molecule has 1 amide bonds. The minimum atomic E-state index is -0.0979. The first kappa shape index (κ1) is 22.5. The zero-order chi connectivity index (χ0) is 23.7. The molecule has 0 unspecified atom stereocenters. The van der Waals surface area contributed by atoms with Crippen molar-refractivity contribution >= 4 is 23.2 Å². The largest absolute Gasteiger partial charge is 0.497 e. The number of likely N-dealkylation sites (tertiary alicyclic amines) is 1. The molecule has 34 heavy (non-hydrogen) atoms. The van der Waals surface area contributed by atoms with Crippen LogP contribution in [0.25, 0.3) is 0 Å². The molecule has 1 saturated heterocycles. The highest BCUT2D eigenvalue weighted by Crippen LogP contribution is 2.48. The Hall–Kier alpha value is -3.33. The van der Waals surface area contributed by atoms with Crippen molar-refractivity contribution in [3.8, 4) is 11.8 Å². The Kier molecular flexibility index (Phi) is 6.03. The van der Waals surface area contributed by atoms with Gasteiger partial charge >= 0.3 is 0 Å². The number of methoxy groups -OCH3 is 1. The lowest BCUT2D eigenvalue weighted by atomic mass is 9.74. The van der Waals surface area contributed by atoms with Gasteiger partial charge in [0, 0.05) is 34.8 Å². The first-order valence-corrected chi connectivity index (χ1v) is 11.9. The van der Waals surface area contributed by atoms with Crippen molar-refractivity contribution < 1.29 is 9.53 Å². The summed E-state index contributed by atoms with van der Waals surface area (Å²) < 4.78 is 5.53. The Morgan fingerprint density at radius 1 is 1.09 bits per heavy atom. The first-order chi connectivity index (χ1) is 16.5. The number of nitriles is 1. The van der Waals surface area contributed by atoms with Crippen LogP contribution in [0.5, 0.6) is 5.75 Å². The van der Waals surface area contributed by atoms with E-state index in [-0.39, 0.29) is 11.3 Å². The fourth-order valence-electron chi connectivity index (χ4n) is 5.24. The van der Waals surface area contributed by atoms with Crippen molar-refractivity contribution in [2.45, 2.75) is 24.8 Å². The normalized spacial score (nSPS) is 16.8. The number of fused-ring (bicyclic) bond motifs is 2. The minimum Gasteiger partial charge on any atom is -0.497 e. The second-order valence-corrected chi connectivity index (χ2v) is 9.59. The standard InChI is InChI=1S/C28H26ClN3O2/c1-34-24-9-10-26-25(16-24)28(19-32(26)27(33)22-3-2-4-23(29)15-22)11-13-31(14-12-28)18-21-7-5-20(17-30)6-8-21/h2-10,15-16H,11-14,18-19H2,1H3. The van der Waals surface area contributed by atoms with Crippen molar-refractivity contribution in [2.75, 3.05) is 31.6 Å². The Labute approximate surface area is 205 Å². The minimum absolute atomic E-state index is 0.0224. The Morgan fingerprint density at radius 3 is 2.53 bits per heavy atom. The van der Waals surface area contributed by atoms with E-state index in [2.05, 4.69) is 17.0 Å². The number of ether oxygens (including phenoxy) is 1. The van der Waals surface area contributed by atoms with Crippen LogP contribution in [0.15, 0.2) is 66.7 Å². The third-order valence-electron chi connectivity index (χ3n) is 7.15. The number of anilines is 1. The van der Waals surface area contributed by atoms with Crippen molar-refractivity contribution in [3.63, 3.8) is 0 Å². The van der Waals surface area contributed by atoms with Crippen LogP contribution in [0.1, 0.15) is 39.9 Å². The fraction of sp³-hybridized carbons (Fsp3) is 0.286. The van der Waals surface area contributed by atoms with Gasteiger partial charge in [-0.2, -0.15) is 5.26 Å². The molecule has 0 bridgehead atoms. The third kappa shape index (κ3) is 4.16. The van der Waals surface area contributed by atoms with E-state index >= 15 is 0 Å². The van der Waals surface area contributed by atoms with Crippen LogP contribution in [0.4, 0.5) is 5.69 Å². The molecule has 5 rings (SSSR count). The molecule has 0 radical (unpaired) electrons. The molecule has 6 heteroatoms. The first-order valence-electron chi connectivity index (χ1n) is 11.5. The number of hydrogen-bond acceptors (Lipinski definition) is 4. The van der Waals surface area contributed by atoms with Crippen LogP contribution in [-0.4, -0.2) is 37.6 Å². The highest BCUT2D eigenvalue weighted by molar-refractivity contribution is 6.31. The van der Waals surface area contributed by atoms with E-state index < -0.39 is 0 Å². The second-order valence-electron chi connectivity index (χ2n) is 9.15. The number of rotatable bonds is 4. The molecule has 0 aromatic heterocycles. The van der Waals surface area contributed by atoms with Gasteiger partial charge in [-0.1, -0.05) is 29.8 Å². The number of carbonyl (C=O) groups excluding carboxylic acids is 1. The van der Waals surface area contributed by atoms with Gasteiger partial charge in [0.2, 0.25) is 0 Å². The molecule has 3 aromatic carbocycles. The van der Waals surface area contributed by atoms with Crippen LogP contribution < -0.4 is 9.64 Å². The maximum Gasteiger partial charge on any atom is 0.258 e. The van der Waals surface area contributed by atoms with E-state index in [1.54, 1.807) is 19.2 Å². The van der Waals surface area contributed by atoms with Crippen LogP contribution in [0, 0.1) is 11.3 Å². The quantitative estimate of drug-likeness (QED) is 0.510. The smallest absolute Gasteiger partial charge is 0.258 e. The van der Waals surface area contributed by atoms with E-state index in [1.807, 2.05) is 53.4 Å². The van der Waals surface area contributed by atoms with Crippen LogP contribution >= 0.6 is 11.6 Å². The molecular weight excluding hydrogens is 446 g/mol. The summed E-state index contributed by atoms with van der Waals surface area (Å²) in [5.41, 5.74) is 4.55. The third-order valence-corrected chi connectivity index (χ3v) is 7.38. The lowest BCUT2D eigenvalue weighted by Gasteiger charge is -2.40. The summed E-state index contributed by atoms with van der Waals surface area (Å²) in [5, 5.41) is 9.59. The summed E-state index contributed by atoms with van der Waals surface area (Å²) in [6.07, 6.45) is 1.92. The molecule has 2 aliphatic heterocycles. The number of benzene rings is 3. The molecule has 2 aliphatic rings. The van der Waals surface area contributed by atoms with E-state index in [0.717, 1.165) is 43.9 Å². The van der Waals surface area contributed by atoms with Gasteiger partial charge in [-0.15, -0.1) is 0 Å².